The summed E-state index contributed by atoms with van der Waals surface area (Å²) in [6, 6.07) is 0. The van der Waals surface area contributed by atoms with E-state index in [2.05, 4.69) is 12.2 Å². The van der Waals surface area contributed by atoms with Crippen molar-refractivity contribution in [2.45, 2.75) is 128 Å². The Hall–Kier alpha value is -1.30. The van der Waals surface area contributed by atoms with Crippen molar-refractivity contribution in [3.05, 3.63) is 24.3 Å². The second-order valence-corrected chi connectivity index (χ2v) is 8.64. The molecule has 0 aromatic carbocycles. The van der Waals surface area contributed by atoms with Crippen molar-refractivity contribution in [1.29, 1.82) is 0 Å². The first-order valence-corrected chi connectivity index (χ1v) is 13.2. The fourth-order valence-electron chi connectivity index (χ4n) is 3.65. The van der Waals surface area contributed by atoms with Gasteiger partial charge in [0.25, 0.3) is 0 Å². The van der Waals surface area contributed by atoms with Crippen LogP contribution >= 0.6 is 0 Å². The molecule has 0 saturated heterocycles. The van der Waals surface area contributed by atoms with Crippen LogP contribution in [0.3, 0.4) is 0 Å². The van der Waals surface area contributed by atoms with Crippen LogP contribution in [0.1, 0.15) is 116 Å². The first-order chi connectivity index (χ1) is 16.3. The molecule has 0 radical (unpaired) electrons. The number of hydrogen-bond acceptors (Lipinski definition) is 5. The van der Waals surface area contributed by atoms with Crippen molar-refractivity contribution in [1.82, 2.24) is 0 Å². The maximum Gasteiger partial charge on any atom is 0.179 e. The molecule has 0 bridgehead atoms. The molecule has 2 unspecified atom stereocenters. The molecule has 0 N–H and O–H groups in total. The lowest BCUT2D eigenvalue weighted by atomic mass is 10.1. The number of methoxy groups -OCH3 is 2. The SMILES string of the molecule is COC(C=CCCCCCCCCCC=O)OC(C=CCCCCCCCCCC=O)OC. The van der Waals surface area contributed by atoms with Crippen LogP contribution in [0.2, 0.25) is 0 Å². The van der Waals surface area contributed by atoms with Gasteiger partial charge in [-0.25, -0.2) is 0 Å². The summed E-state index contributed by atoms with van der Waals surface area (Å²) in [5, 5.41) is 0. The van der Waals surface area contributed by atoms with E-state index in [-0.39, 0.29) is 0 Å². The molecule has 0 aliphatic carbocycles. The Balaban J connectivity index is 3.79. The van der Waals surface area contributed by atoms with Gasteiger partial charge in [0.2, 0.25) is 0 Å². The van der Waals surface area contributed by atoms with Gasteiger partial charge in [0.05, 0.1) is 0 Å². The normalized spacial score (nSPS) is 13.6. The first kappa shape index (κ1) is 31.7. The van der Waals surface area contributed by atoms with Crippen LogP contribution in [0.15, 0.2) is 24.3 Å². The van der Waals surface area contributed by atoms with E-state index < -0.39 is 12.6 Å². The second kappa shape index (κ2) is 26.9. The summed E-state index contributed by atoms with van der Waals surface area (Å²) >= 11 is 0. The highest BCUT2D eigenvalue weighted by molar-refractivity contribution is 5.49. The number of ether oxygens (including phenoxy) is 3. The van der Waals surface area contributed by atoms with Crippen molar-refractivity contribution < 1.29 is 23.8 Å². The molecule has 5 heteroatoms. The lowest BCUT2D eigenvalue weighted by molar-refractivity contribution is -0.188. The predicted molar refractivity (Wildman–Crippen MR) is 136 cm³/mol. The van der Waals surface area contributed by atoms with Crippen LogP contribution in [0.25, 0.3) is 0 Å². The molecule has 192 valence electrons. The average Bonchev–Trinajstić information content (AvgIpc) is 2.83. The van der Waals surface area contributed by atoms with E-state index in [4.69, 9.17) is 14.2 Å². The molecule has 0 aromatic heterocycles. The van der Waals surface area contributed by atoms with Crippen LogP contribution in [0.4, 0.5) is 0 Å². The van der Waals surface area contributed by atoms with E-state index in [1.165, 1.54) is 77.0 Å². The van der Waals surface area contributed by atoms with Crippen molar-refractivity contribution in [2.24, 2.45) is 0 Å². The average molecular weight is 467 g/mol. The van der Waals surface area contributed by atoms with Crippen molar-refractivity contribution in [3.8, 4) is 0 Å². The lowest BCUT2D eigenvalue weighted by Crippen LogP contribution is -2.22. The summed E-state index contributed by atoms with van der Waals surface area (Å²) in [5.74, 6) is 0. The molecule has 0 fully saturated rings. The Morgan fingerprint density at radius 1 is 0.485 bits per heavy atom. The minimum atomic E-state index is -0.406. The van der Waals surface area contributed by atoms with Crippen LogP contribution < -0.4 is 0 Å². The van der Waals surface area contributed by atoms with E-state index in [9.17, 15) is 9.59 Å². The molecule has 0 spiro atoms. The van der Waals surface area contributed by atoms with Crippen LogP contribution in [0.5, 0.6) is 0 Å². The molecule has 0 saturated carbocycles. The van der Waals surface area contributed by atoms with E-state index >= 15 is 0 Å². The van der Waals surface area contributed by atoms with Gasteiger partial charge in [0.15, 0.2) is 12.6 Å². The molecule has 0 aromatic rings. The molecule has 0 rings (SSSR count). The summed E-state index contributed by atoms with van der Waals surface area (Å²) in [6.07, 6.45) is 29.6. The fraction of sp³-hybridized carbons (Fsp3) is 0.786. The monoisotopic (exact) mass is 466 g/mol. The molecule has 0 heterocycles. The van der Waals surface area contributed by atoms with Gasteiger partial charge >= 0.3 is 0 Å². The Labute approximate surface area is 203 Å². The summed E-state index contributed by atoms with van der Waals surface area (Å²) in [6.45, 7) is 0. The summed E-state index contributed by atoms with van der Waals surface area (Å²) in [5.41, 5.74) is 0. The number of carbonyl (C=O) groups is 2. The van der Waals surface area contributed by atoms with Gasteiger partial charge < -0.3 is 23.8 Å². The van der Waals surface area contributed by atoms with Gasteiger partial charge in [-0.2, -0.15) is 0 Å². The number of allylic oxidation sites excluding steroid dienone is 2. The number of rotatable bonds is 26. The molecule has 0 aliphatic heterocycles. The topological polar surface area (TPSA) is 61.8 Å². The third-order valence-electron chi connectivity index (χ3n) is 5.70. The number of unbranched alkanes of at least 4 members (excludes halogenated alkanes) is 16. The first-order valence-electron chi connectivity index (χ1n) is 13.2. The van der Waals surface area contributed by atoms with E-state index in [0.29, 0.717) is 12.8 Å². The maximum atomic E-state index is 10.3. The second-order valence-electron chi connectivity index (χ2n) is 8.64. The highest BCUT2D eigenvalue weighted by Gasteiger charge is 2.10. The standard InChI is InChI=1S/C28H50O5/c1-31-27(23-19-15-11-7-3-5-9-13-17-21-25-29)33-28(32-2)24-20-16-12-8-4-6-10-14-18-22-26-30/h19-20,23-28H,3-18,21-22H2,1-2H3. The van der Waals surface area contributed by atoms with E-state index in [0.717, 1.165) is 38.3 Å². The van der Waals surface area contributed by atoms with Crippen LogP contribution in [0, 0.1) is 0 Å². The summed E-state index contributed by atoms with van der Waals surface area (Å²) in [7, 11) is 3.30. The number of aldehydes is 2. The molecule has 2 atom stereocenters. The zero-order valence-corrected chi connectivity index (χ0v) is 21.4. The Morgan fingerprint density at radius 3 is 1.09 bits per heavy atom. The summed E-state index contributed by atoms with van der Waals surface area (Å²) < 4.78 is 16.7. The fourth-order valence-corrected chi connectivity index (χ4v) is 3.65. The van der Waals surface area contributed by atoms with Crippen molar-refractivity contribution in [2.75, 3.05) is 14.2 Å². The van der Waals surface area contributed by atoms with Gasteiger partial charge in [-0.05, 0) is 50.7 Å². The van der Waals surface area contributed by atoms with Crippen molar-refractivity contribution in [3.63, 3.8) is 0 Å². The smallest absolute Gasteiger partial charge is 0.179 e. The molecule has 0 aliphatic rings. The minimum Gasteiger partial charge on any atom is -0.352 e. The lowest BCUT2D eigenvalue weighted by Gasteiger charge is -2.18. The van der Waals surface area contributed by atoms with Gasteiger partial charge in [-0.1, -0.05) is 76.4 Å². The molecular formula is C28H50O5. The highest BCUT2D eigenvalue weighted by Crippen LogP contribution is 2.12. The van der Waals surface area contributed by atoms with Crippen LogP contribution in [-0.4, -0.2) is 39.4 Å². The molecule has 0 amide bonds. The molecule has 5 nitrogen and oxygen atoms in total. The Kier molecular flexibility index (Phi) is 25.9. The highest BCUT2D eigenvalue weighted by atomic mass is 16.8. The van der Waals surface area contributed by atoms with Gasteiger partial charge in [-0.15, -0.1) is 0 Å². The maximum absolute atomic E-state index is 10.3. The molecular weight excluding hydrogens is 416 g/mol. The third-order valence-corrected chi connectivity index (χ3v) is 5.70. The zero-order chi connectivity index (χ0) is 24.2. The number of carbonyl (C=O) groups excluding carboxylic acids is 2. The largest absolute Gasteiger partial charge is 0.352 e. The summed E-state index contributed by atoms with van der Waals surface area (Å²) in [4.78, 5) is 20.5. The minimum absolute atomic E-state index is 0.406. The molecule has 33 heavy (non-hydrogen) atoms. The van der Waals surface area contributed by atoms with E-state index in [1.807, 2.05) is 12.2 Å². The van der Waals surface area contributed by atoms with Gasteiger partial charge in [0, 0.05) is 27.1 Å². The Morgan fingerprint density at radius 2 is 0.788 bits per heavy atom. The van der Waals surface area contributed by atoms with E-state index in [1.54, 1.807) is 14.2 Å². The van der Waals surface area contributed by atoms with Crippen molar-refractivity contribution >= 4 is 12.6 Å². The van der Waals surface area contributed by atoms with Gasteiger partial charge in [-0.3, -0.25) is 0 Å². The Bertz CT molecular complexity index is 433. The number of hydrogen-bond donors (Lipinski definition) is 0. The quantitative estimate of drug-likeness (QED) is 0.0572. The predicted octanol–water partition coefficient (Wildman–Crippen LogP) is 7.48. The van der Waals surface area contributed by atoms with Crippen LogP contribution in [-0.2, 0) is 23.8 Å². The zero-order valence-electron chi connectivity index (χ0n) is 21.4. The van der Waals surface area contributed by atoms with Gasteiger partial charge in [0.1, 0.15) is 12.6 Å². The third kappa shape index (κ3) is 23.6.